The van der Waals surface area contributed by atoms with Crippen LogP contribution >= 0.6 is 0 Å². The number of benzene rings is 2. The van der Waals surface area contributed by atoms with Crippen molar-refractivity contribution >= 4 is 27.1 Å². The van der Waals surface area contributed by atoms with Crippen LogP contribution in [0.1, 0.15) is 13.8 Å². The first-order valence-corrected chi connectivity index (χ1v) is 8.98. The summed E-state index contributed by atoms with van der Waals surface area (Å²) in [7, 11) is -3.88. The van der Waals surface area contributed by atoms with E-state index in [2.05, 4.69) is 9.62 Å². The summed E-state index contributed by atoms with van der Waals surface area (Å²) >= 11 is 0. The Kier molecular flexibility index (Phi) is 5.40. The molecule has 2 rings (SSSR count). The number of nitro benzene ring substituents is 1. The zero-order chi connectivity index (χ0) is 17.7. The molecular weight excluding hydrogens is 330 g/mol. The molecule has 0 saturated carbocycles. The Bertz CT molecular complexity index is 815. The number of anilines is 2. The van der Waals surface area contributed by atoms with Crippen LogP contribution in [0.2, 0.25) is 0 Å². The average molecular weight is 349 g/mol. The second-order valence-electron chi connectivity index (χ2n) is 5.08. The average Bonchev–Trinajstić information content (AvgIpc) is 2.57. The van der Waals surface area contributed by atoms with E-state index >= 15 is 0 Å². The first-order chi connectivity index (χ1) is 11.4. The van der Waals surface area contributed by atoms with E-state index in [0.717, 1.165) is 24.8 Å². The molecule has 0 aliphatic heterocycles. The first kappa shape index (κ1) is 17.7. The Morgan fingerprint density at radius 3 is 2.25 bits per heavy atom. The minimum Gasteiger partial charge on any atom is -0.372 e. The number of nitrogens with one attached hydrogen (secondary N) is 1. The van der Waals surface area contributed by atoms with Crippen molar-refractivity contribution in [3.05, 3.63) is 58.6 Å². The van der Waals surface area contributed by atoms with Gasteiger partial charge in [-0.2, -0.15) is 0 Å². The molecule has 0 amide bonds. The number of hydrogen-bond acceptors (Lipinski definition) is 5. The fraction of sp³-hybridized carbons (Fsp3) is 0.250. The highest BCUT2D eigenvalue weighted by Crippen LogP contribution is 2.22. The van der Waals surface area contributed by atoms with Crippen LogP contribution in [0.25, 0.3) is 0 Å². The molecule has 0 atom stereocenters. The summed E-state index contributed by atoms with van der Waals surface area (Å²) in [5, 5.41) is 10.8. The third kappa shape index (κ3) is 4.02. The molecule has 0 saturated heterocycles. The minimum absolute atomic E-state index is 0.149. The Hall–Kier alpha value is -2.61. The summed E-state index contributed by atoms with van der Waals surface area (Å²) in [5.74, 6) is 0. The number of rotatable bonds is 7. The minimum atomic E-state index is -3.88. The van der Waals surface area contributed by atoms with Gasteiger partial charge in [-0.25, -0.2) is 8.42 Å². The Morgan fingerprint density at radius 1 is 1.08 bits per heavy atom. The van der Waals surface area contributed by atoms with Crippen molar-refractivity contribution in [3.63, 3.8) is 0 Å². The van der Waals surface area contributed by atoms with E-state index in [0.29, 0.717) is 5.69 Å². The normalized spacial score (nSPS) is 11.1. The zero-order valence-corrected chi connectivity index (χ0v) is 14.3. The molecule has 128 valence electrons. The van der Waals surface area contributed by atoms with Crippen molar-refractivity contribution in [1.82, 2.24) is 0 Å². The summed E-state index contributed by atoms with van der Waals surface area (Å²) in [6.07, 6.45) is 0. The summed E-state index contributed by atoms with van der Waals surface area (Å²) in [6, 6.07) is 11.9. The van der Waals surface area contributed by atoms with Crippen molar-refractivity contribution in [2.45, 2.75) is 18.7 Å². The van der Waals surface area contributed by atoms with Gasteiger partial charge < -0.3 is 4.90 Å². The lowest BCUT2D eigenvalue weighted by Gasteiger charge is -2.21. The molecule has 24 heavy (non-hydrogen) atoms. The lowest BCUT2D eigenvalue weighted by molar-refractivity contribution is -0.385. The van der Waals surface area contributed by atoms with Crippen LogP contribution in [0.4, 0.5) is 17.1 Å². The van der Waals surface area contributed by atoms with Crippen LogP contribution in [0.3, 0.4) is 0 Å². The maximum absolute atomic E-state index is 12.4. The van der Waals surface area contributed by atoms with Crippen molar-refractivity contribution in [2.24, 2.45) is 0 Å². The van der Waals surface area contributed by atoms with E-state index in [1.54, 1.807) is 12.1 Å². The molecule has 0 heterocycles. The monoisotopic (exact) mass is 349 g/mol. The molecule has 7 nitrogen and oxygen atoms in total. The molecule has 0 fully saturated rings. The molecule has 0 aromatic heterocycles. The molecule has 0 unspecified atom stereocenters. The van der Waals surface area contributed by atoms with Crippen LogP contribution in [-0.4, -0.2) is 26.4 Å². The van der Waals surface area contributed by atoms with Crippen molar-refractivity contribution in [3.8, 4) is 0 Å². The second kappa shape index (κ2) is 7.31. The summed E-state index contributed by atoms with van der Waals surface area (Å²) < 4.78 is 27.2. The molecule has 0 radical (unpaired) electrons. The van der Waals surface area contributed by atoms with E-state index in [1.807, 2.05) is 26.0 Å². The number of sulfonamides is 1. The largest absolute Gasteiger partial charge is 0.372 e. The van der Waals surface area contributed by atoms with Gasteiger partial charge in [0.2, 0.25) is 0 Å². The van der Waals surface area contributed by atoms with Gasteiger partial charge in [-0.05, 0) is 44.2 Å². The molecular formula is C16H19N3O4S. The highest BCUT2D eigenvalue weighted by Gasteiger charge is 2.17. The van der Waals surface area contributed by atoms with Crippen LogP contribution in [0.5, 0.6) is 0 Å². The Labute approximate surface area is 141 Å². The maximum Gasteiger partial charge on any atom is 0.270 e. The predicted octanol–water partition coefficient (Wildman–Crippen LogP) is 3.24. The van der Waals surface area contributed by atoms with Gasteiger partial charge in [-0.15, -0.1) is 0 Å². The highest BCUT2D eigenvalue weighted by molar-refractivity contribution is 7.92. The topological polar surface area (TPSA) is 92.6 Å². The van der Waals surface area contributed by atoms with Crippen LogP contribution in [0, 0.1) is 10.1 Å². The molecule has 0 aliphatic rings. The molecule has 8 heteroatoms. The van der Waals surface area contributed by atoms with Crippen molar-refractivity contribution in [2.75, 3.05) is 22.7 Å². The lowest BCUT2D eigenvalue weighted by Crippen LogP contribution is -2.21. The van der Waals surface area contributed by atoms with E-state index in [4.69, 9.17) is 0 Å². The summed E-state index contributed by atoms with van der Waals surface area (Å²) in [6.45, 7) is 5.80. The van der Waals surface area contributed by atoms with Gasteiger partial charge in [0.25, 0.3) is 15.7 Å². The van der Waals surface area contributed by atoms with Gasteiger partial charge in [0, 0.05) is 36.6 Å². The molecule has 2 aromatic carbocycles. The molecule has 1 N–H and O–H groups in total. The van der Waals surface area contributed by atoms with E-state index in [1.165, 1.54) is 18.2 Å². The quantitative estimate of drug-likeness (QED) is 0.612. The van der Waals surface area contributed by atoms with Gasteiger partial charge in [0.05, 0.1) is 9.82 Å². The maximum atomic E-state index is 12.4. The van der Waals surface area contributed by atoms with Gasteiger partial charge in [0.15, 0.2) is 0 Å². The van der Waals surface area contributed by atoms with E-state index < -0.39 is 14.9 Å². The van der Waals surface area contributed by atoms with E-state index in [-0.39, 0.29) is 10.6 Å². The van der Waals surface area contributed by atoms with Gasteiger partial charge in [-0.1, -0.05) is 6.07 Å². The molecule has 0 bridgehead atoms. The number of hydrogen-bond donors (Lipinski definition) is 1. The third-order valence-corrected chi connectivity index (χ3v) is 4.97. The Morgan fingerprint density at radius 2 is 1.71 bits per heavy atom. The number of non-ortho nitro benzene ring substituents is 1. The van der Waals surface area contributed by atoms with E-state index in [9.17, 15) is 18.5 Å². The molecule has 0 aliphatic carbocycles. The van der Waals surface area contributed by atoms with Gasteiger partial charge in [0.1, 0.15) is 0 Å². The zero-order valence-electron chi connectivity index (χ0n) is 13.5. The summed E-state index contributed by atoms with van der Waals surface area (Å²) in [4.78, 5) is 12.1. The fourth-order valence-electron chi connectivity index (χ4n) is 2.31. The molecule has 2 aromatic rings. The second-order valence-corrected chi connectivity index (χ2v) is 6.76. The van der Waals surface area contributed by atoms with Crippen LogP contribution in [0.15, 0.2) is 53.4 Å². The number of nitrogens with zero attached hydrogens (tertiary/aromatic N) is 2. The van der Waals surface area contributed by atoms with Crippen LogP contribution in [-0.2, 0) is 10.0 Å². The third-order valence-electron chi connectivity index (χ3n) is 3.59. The lowest BCUT2D eigenvalue weighted by atomic mass is 10.2. The number of nitro groups is 1. The Balaban J connectivity index is 2.23. The van der Waals surface area contributed by atoms with Crippen molar-refractivity contribution < 1.29 is 13.3 Å². The predicted molar refractivity (Wildman–Crippen MR) is 93.9 cm³/mol. The first-order valence-electron chi connectivity index (χ1n) is 7.49. The highest BCUT2D eigenvalue weighted by atomic mass is 32.2. The standard InChI is InChI=1S/C16H19N3O4S/c1-3-18(4-2)14-10-8-13(9-11-14)17-24(22,23)16-7-5-6-15(12-16)19(20)21/h5-12,17H,3-4H2,1-2H3. The summed E-state index contributed by atoms with van der Waals surface area (Å²) in [5.41, 5.74) is 1.13. The van der Waals surface area contributed by atoms with Crippen LogP contribution < -0.4 is 9.62 Å². The smallest absolute Gasteiger partial charge is 0.270 e. The SMILES string of the molecule is CCN(CC)c1ccc(NS(=O)(=O)c2cccc([N+](=O)[O-])c2)cc1. The fourth-order valence-corrected chi connectivity index (χ4v) is 3.41. The van der Waals surface area contributed by atoms with Crippen molar-refractivity contribution in [1.29, 1.82) is 0 Å². The van der Waals surface area contributed by atoms with Gasteiger partial charge in [-0.3, -0.25) is 14.8 Å². The van der Waals surface area contributed by atoms with Gasteiger partial charge >= 0.3 is 0 Å². The molecule has 0 spiro atoms.